The Kier molecular flexibility index (Phi) is 3.66. The summed E-state index contributed by atoms with van der Waals surface area (Å²) in [5.41, 5.74) is 5.65. The second-order valence-corrected chi connectivity index (χ2v) is 4.64. The molecule has 1 saturated heterocycles. The van der Waals surface area contributed by atoms with Gasteiger partial charge in [-0.15, -0.1) is 0 Å². The third-order valence-electron chi connectivity index (χ3n) is 3.13. The molecule has 7 heteroatoms. The van der Waals surface area contributed by atoms with Gasteiger partial charge in [-0.3, -0.25) is 14.9 Å². The van der Waals surface area contributed by atoms with Gasteiger partial charge in [0.05, 0.1) is 4.92 Å². The van der Waals surface area contributed by atoms with E-state index >= 15 is 0 Å². The van der Waals surface area contributed by atoms with Gasteiger partial charge in [0.15, 0.2) is 0 Å². The van der Waals surface area contributed by atoms with Crippen molar-refractivity contribution < 1.29 is 9.72 Å². The molecule has 0 aromatic heterocycles. The predicted molar refractivity (Wildman–Crippen MR) is 70.9 cm³/mol. The quantitative estimate of drug-likeness (QED) is 0.463. The minimum Gasteiger partial charge on any atom is -0.393 e. The molecule has 0 aliphatic carbocycles. The monoisotopic (exact) mass is 264 g/mol. The van der Waals surface area contributed by atoms with Crippen LogP contribution in [0, 0.1) is 10.1 Å². The van der Waals surface area contributed by atoms with E-state index < -0.39 is 4.92 Å². The zero-order valence-electron chi connectivity index (χ0n) is 10.6. The third-order valence-corrected chi connectivity index (χ3v) is 3.13. The van der Waals surface area contributed by atoms with Crippen LogP contribution in [0.25, 0.3) is 0 Å². The summed E-state index contributed by atoms with van der Waals surface area (Å²) in [6, 6.07) is 4.39. The number of nitrogens with one attached hydrogen (secondary N) is 1. The van der Waals surface area contributed by atoms with Crippen LogP contribution in [0.2, 0.25) is 0 Å². The van der Waals surface area contributed by atoms with Crippen LogP contribution in [0.1, 0.15) is 17.3 Å². The number of benzene rings is 1. The molecule has 0 radical (unpaired) electrons. The number of hydrogen-bond acceptors (Lipinski definition) is 5. The Morgan fingerprint density at radius 1 is 1.58 bits per heavy atom. The summed E-state index contributed by atoms with van der Waals surface area (Å²) in [5, 5.41) is 14.1. The number of nitrogen functional groups attached to an aromatic ring is 1. The highest BCUT2D eigenvalue weighted by molar-refractivity contribution is 5.95. The number of nitrogens with two attached hydrogens (primary N) is 1. The van der Waals surface area contributed by atoms with E-state index in [1.807, 2.05) is 6.92 Å². The smallest absolute Gasteiger partial charge is 0.292 e. The topological polar surface area (TPSA) is 102 Å². The first-order valence-corrected chi connectivity index (χ1v) is 6.05. The van der Waals surface area contributed by atoms with Crippen LogP contribution in [0.3, 0.4) is 0 Å². The van der Waals surface area contributed by atoms with E-state index in [1.165, 1.54) is 18.2 Å². The first-order chi connectivity index (χ1) is 8.99. The molecule has 1 aromatic rings. The maximum absolute atomic E-state index is 12.3. The van der Waals surface area contributed by atoms with Crippen LogP contribution >= 0.6 is 0 Å². The van der Waals surface area contributed by atoms with Crippen molar-refractivity contribution in [3.05, 3.63) is 33.9 Å². The fraction of sp³-hybridized carbons (Fsp3) is 0.417. The molecule has 0 bridgehead atoms. The molecule has 2 rings (SSSR count). The largest absolute Gasteiger partial charge is 0.393 e. The Labute approximate surface area is 110 Å². The van der Waals surface area contributed by atoms with E-state index in [1.54, 1.807) is 4.90 Å². The van der Waals surface area contributed by atoms with Gasteiger partial charge in [0.25, 0.3) is 11.6 Å². The van der Waals surface area contributed by atoms with Gasteiger partial charge >= 0.3 is 0 Å². The summed E-state index contributed by atoms with van der Waals surface area (Å²) in [5.74, 6) is -0.198. The fourth-order valence-electron chi connectivity index (χ4n) is 2.13. The molecule has 1 aliphatic heterocycles. The lowest BCUT2D eigenvalue weighted by atomic mass is 10.1. The Morgan fingerprint density at radius 2 is 2.32 bits per heavy atom. The molecular formula is C12H16N4O3. The highest BCUT2D eigenvalue weighted by Crippen LogP contribution is 2.23. The van der Waals surface area contributed by atoms with Gasteiger partial charge in [-0.2, -0.15) is 0 Å². The van der Waals surface area contributed by atoms with Gasteiger partial charge < -0.3 is 16.0 Å². The zero-order valence-corrected chi connectivity index (χ0v) is 10.6. The number of nitro groups is 1. The van der Waals surface area contributed by atoms with Gasteiger partial charge in [-0.05, 0) is 19.1 Å². The van der Waals surface area contributed by atoms with Gasteiger partial charge in [0.2, 0.25) is 0 Å². The van der Waals surface area contributed by atoms with Gasteiger partial charge in [0.1, 0.15) is 5.69 Å². The molecule has 1 atom stereocenters. The molecule has 1 unspecified atom stereocenters. The lowest BCUT2D eigenvalue weighted by Gasteiger charge is -2.31. The number of nitrogens with zero attached hydrogens (tertiary/aromatic N) is 2. The SMILES string of the molecule is CC1CN(C(=O)c2ccc(N)c([N+](=O)[O-])c2)CCN1. The molecule has 0 saturated carbocycles. The van der Waals surface area contributed by atoms with Crippen molar-refractivity contribution in [2.24, 2.45) is 0 Å². The molecule has 1 aliphatic rings. The molecule has 1 fully saturated rings. The fourth-order valence-corrected chi connectivity index (χ4v) is 2.13. The Morgan fingerprint density at radius 3 is 2.95 bits per heavy atom. The molecule has 0 spiro atoms. The summed E-state index contributed by atoms with van der Waals surface area (Å²) in [6.45, 7) is 3.91. The normalized spacial score (nSPS) is 19.2. The van der Waals surface area contributed by atoms with Crippen molar-refractivity contribution in [2.75, 3.05) is 25.4 Å². The third kappa shape index (κ3) is 2.82. The van der Waals surface area contributed by atoms with E-state index in [4.69, 9.17) is 5.73 Å². The first-order valence-electron chi connectivity index (χ1n) is 6.05. The number of anilines is 1. The molecule has 7 nitrogen and oxygen atoms in total. The van der Waals surface area contributed by atoms with Crippen molar-refractivity contribution in [1.29, 1.82) is 0 Å². The average molecular weight is 264 g/mol. The number of hydrogen-bond donors (Lipinski definition) is 2. The van der Waals surface area contributed by atoms with Crippen molar-refractivity contribution in [3.63, 3.8) is 0 Å². The minimum atomic E-state index is -0.577. The van der Waals surface area contributed by atoms with E-state index in [-0.39, 0.29) is 23.3 Å². The van der Waals surface area contributed by atoms with E-state index in [9.17, 15) is 14.9 Å². The molecule has 1 amide bonds. The maximum Gasteiger partial charge on any atom is 0.292 e. The van der Waals surface area contributed by atoms with E-state index in [2.05, 4.69) is 5.32 Å². The molecule has 1 heterocycles. The summed E-state index contributed by atoms with van der Waals surface area (Å²) < 4.78 is 0. The van der Waals surface area contributed by atoms with Crippen LogP contribution in [-0.4, -0.2) is 41.4 Å². The van der Waals surface area contributed by atoms with E-state index in [0.717, 1.165) is 6.54 Å². The average Bonchev–Trinajstić information content (AvgIpc) is 2.38. The second-order valence-electron chi connectivity index (χ2n) is 4.64. The lowest BCUT2D eigenvalue weighted by Crippen LogP contribution is -2.51. The zero-order chi connectivity index (χ0) is 14.0. The molecule has 3 N–H and O–H groups in total. The molecule has 1 aromatic carbocycles. The van der Waals surface area contributed by atoms with Crippen molar-refractivity contribution in [2.45, 2.75) is 13.0 Å². The van der Waals surface area contributed by atoms with Crippen LogP contribution in [0.4, 0.5) is 11.4 Å². The number of rotatable bonds is 2. The number of carbonyl (C=O) groups is 1. The lowest BCUT2D eigenvalue weighted by molar-refractivity contribution is -0.383. The van der Waals surface area contributed by atoms with Crippen LogP contribution in [-0.2, 0) is 0 Å². The first kappa shape index (κ1) is 13.3. The number of amides is 1. The maximum atomic E-state index is 12.3. The highest BCUT2D eigenvalue weighted by atomic mass is 16.6. The van der Waals surface area contributed by atoms with Gasteiger partial charge in [0, 0.05) is 37.3 Å². The Hall–Kier alpha value is -2.15. The summed E-state index contributed by atoms with van der Waals surface area (Å²) in [6.07, 6.45) is 0. The Bertz CT molecular complexity index is 518. The van der Waals surface area contributed by atoms with Crippen LogP contribution in [0.15, 0.2) is 18.2 Å². The van der Waals surface area contributed by atoms with Gasteiger partial charge in [-0.1, -0.05) is 0 Å². The summed E-state index contributed by atoms with van der Waals surface area (Å²) in [7, 11) is 0. The van der Waals surface area contributed by atoms with Crippen molar-refractivity contribution in [1.82, 2.24) is 10.2 Å². The summed E-state index contributed by atoms with van der Waals surface area (Å²) in [4.78, 5) is 24.2. The Balaban J connectivity index is 2.24. The second kappa shape index (κ2) is 5.23. The number of carbonyl (C=O) groups excluding carboxylic acids is 1. The summed E-state index contributed by atoms with van der Waals surface area (Å²) >= 11 is 0. The minimum absolute atomic E-state index is 0.0650. The number of piperazine rings is 1. The van der Waals surface area contributed by atoms with E-state index in [0.29, 0.717) is 18.7 Å². The van der Waals surface area contributed by atoms with Gasteiger partial charge in [-0.25, -0.2) is 0 Å². The predicted octanol–water partition coefficient (Wildman–Crippen LogP) is 0.611. The van der Waals surface area contributed by atoms with Crippen molar-refractivity contribution in [3.8, 4) is 0 Å². The molecule has 19 heavy (non-hydrogen) atoms. The molecular weight excluding hydrogens is 248 g/mol. The number of nitro benzene ring substituents is 1. The standard InChI is InChI=1S/C12H16N4O3/c1-8-7-15(5-4-14-8)12(17)9-2-3-10(13)11(6-9)16(18)19/h2-3,6,8,14H,4-5,7,13H2,1H3. The molecule has 102 valence electrons. The van der Waals surface area contributed by atoms with Crippen LogP contribution in [0.5, 0.6) is 0 Å². The van der Waals surface area contributed by atoms with Crippen LogP contribution < -0.4 is 11.1 Å². The highest BCUT2D eigenvalue weighted by Gasteiger charge is 2.23. The van der Waals surface area contributed by atoms with Crippen molar-refractivity contribution >= 4 is 17.3 Å².